The van der Waals surface area contributed by atoms with Gasteiger partial charge in [-0.05, 0) is 24.5 Å². The summed E-state index contributed by atoms with van der Waals surface area (Å²) in [5.74, 6) is 1.30. The maximum absolute atomic E-state index is 5.93. The third-order valence-electron chi connectivity index (χ3n) is 1.85. The van der Waals surface area contributed by atoms with Crippen LogP contribution < -0.4 is 4.74 Å². The highest BCUT2D eigenvalue weighted by Gasteiger charge is 2.02. The molecule has 1 rings (SSSR count). The molecule has 0 aliphatic rings. The number of halogens is 2. The third-order valence-corrected chi connectivity index (χ3v) is 2.39. The van der Waals surface area contributed by atoms with Crippen molar-refractivity contribution >= 4 is 23.2 Å². The summed E-state index contributed by atoms with van der Waals surface area (Å²) in [5, 5.41) is 1.26. The van der Waals surface area contributed by atoms with Gasteiger partial charge in [-0.15, -0.1) is 0 Å². The molecule has 0 spiro atoms. The second-order valence-electron chi connectivity index (χ2n) is 3.61. The van der Waals surface area contributed by atoms with Crippen LogP contribution in [0.25, 0.3) is 0 Å². The lowest BCUT2D eigenvalue weighted by Crippen LogP contribution is -2.01. The summed E-state index contributed by atoms with van der Waals surface area (Å²) in [6.07, 6.45) is 1.02. The summed E-state index contributed by atoms with van der Waals surface area (Å²) >= 11 is 11.7. The normalized spacial score (nSPS) is 10.6. The summed E-state index contributed by atoms with van der Waals surface area (Å²) in [4.78, 5) is 0. The maximum atomic E-state index is 5.93. The Morgan fingerprint density at radius 2 is 2.00 bits per heavy atom. The fourth-order valence-electron chi connectivity index (χ4n) is 0.992. The number of hydrogen-bond donors (Lipinski definition) is 0. The van der Waals surface area contributed by atoms with Crippen molar-refractivity contribution in [2.24, 2.45) is 5.92 Å². The molecule has 0 radical (unpaired) electrons. The first-order chi connectivity index (χ1) is 6.59. The molecule has 0 aliphatic heterocycles. The van der Waals surface area contributed by atoms with E-state index in [1.54, 1.807) is 18.2 Å². The van der Waals surface area contributed by atoms with Gasteiger partial charge in [-0.3, -0.25) is 0 Å². The van der Waals surface area contributed by atoms with Crippen LogP contribution >= 0.6 is 23.2 Å². The van der Waals surface area contributed by atoms with Crippen LogP contribution in [0.15, 0.2) is 18.2 Å². The smallest absolute Gasteiger partial charge is 0.139 e. The van der Waals surface area contributed by atoms with Crippen LogP contribution in [0.4, 0.5) is 0 Å². The van der Waals surface area contributed by atoms with Gasteiger partial charge in [-0.25, -0.2) is 0 Å². The van der Waals surface area contributed by atoms with E-state index >= 15 is 0 Å². The van der Waals surface area contributed by atoms with Crippen molar-refractivity contribution in [2.75, 3.05) is 6.61 Å². The molecule has 0 unspecified atom stereocenters. The minimum atomic E-state index is 0.609. The molecule has 0 atom stereocenters. The Bertz CT molecular complexity index is 297. The monoisotopic (exact) mass is 232 g/mol. The lowest BCUT2D eigenvalue weighted by atomic mass is 10.1. The van der Waals surface area contributed by atoms with Crippen LogP contribution in [-0.2, 0) is 0 Å². The molecule has 0 saturated heterocycles. The second-order valence-corrected chi connectivity index (χ2v) is 4.45. The highest BCUT2D eigenvalue weighted by molar-refractivity contribution is 6.34. The zero-order valence-corrected chi connectivity index (χ0v) is 9.90. The van der Waals surface area contributed by atoms with Gasteiger partial charge in [-0.2, -0.15) is 0 Å². The molecular weight excluding hydrogens is 219 g/mol. The van der Waals surface area contributed by atoms with Crippen molar-refractivity contribution in [1.82, 2.24) is 0 Å². The average Bonchev–Trinajstić information content (AvgIpc) is 2.10. The zero-order valence-electron chi connectivity index (χ0n) is 8.39. The van der Waals surface area contributed by atoms with E-state index in [2.05, 4.69) is 13.8 Å². The lowest BCUT2D eigenvalue weighted by Gasteiger charge is -2.09. The molecule has 0 saturated carbocycles. The van der Waals surface area contributed by atoms with E-state index in [0.717, 1.165) is 6.42 Å². The quantitative estimate of drug-likeness (QED) is 0.747. The van der Waals surface area contributed by atoms with Crippen molar-refractivity contribution in [3.8, 4) is 5.75 Å². The van der Waals surface area contributed by atoms with E-state index in [4.69, 9.17) is 27.9 Å². The van der Waals surface area contributed by atoms with Crippen LogP contribution in [0, 0.1) is 5.92 Å². The van der Waals surface area contributed by atoms with Gasteiger partial charge >= 0.3 is 0 Å². The van der Waals surface area contributed by atoms with Gasteiger partial charge < -0.3 is 4.74 Å². The SMILES string of the molecule is CC(C)CCOc1cc(Cl)ccc1Cl. The average molecular weight is 233 g/mol. The molecule has 0 aromatic heterocycles. The summed E-state index contributed by atoms with van der Waals surface area (Å²) in [6, 6.07) is 5.23. The van der Waals surface area contributed by atoms with Crippen LogP contribution in [0.3, 0.4) is 0 Å². The van der Waals surface area contributed by atoms with Crippen molar-refractivity contribution < 1.29 is 4.74 Å². The predicted molar refractivity (Wildman–Crippen MR) is 61.4 cm³/mol. The summed E-state index contributed by atoms with van der Waals surface area (Å²) < 4.78 is 5.51. The minimum Gasteiger partial charge on any atom is -0.492 e. The molecule has 0 amide bonds. The highest BCUT2D eigenvalue weighted by atomic mass is 35.5. The van der Waals surface area contributed by atoms with Crippen molar-refractivity contribution in [3.05, 3.63) is 28.2 Å². The molecule has 1 aromatic carbocycles. The standard InChI is InChI=1S/C11H14Cl2O/c1-8(2)5-6-14-11-7-9(12)3-4-10(11)13/h3-4,7-8H,5-6H2,1-2H3. The summed E-state index contributed by atoms with van der Waals surface area (Å²) in [7, 11) is 0. The Morgan fingerprint density at radius 1 is 1.29 bits per heavy atom. The first-order valence-corrected chi connectivity index (χ1v) is 5.43. The zero-order chi connectivity index (χ0) is 10.6. The van der Waals surface area contributed by atoms with E-state index in [1.165, 1.54) is 0 Å². The van der Waals surface area contributed by atoms with E-state index in [1.807, 2.05) is 0 Å². The van der Waals surface area contributed by atoms with E-state index in [0.29, 0.717) is 28.3 Å². The molecule has 0 fully saturated rings. The van der Waals surface area contributed by atoms with Gasteiger partial charge in [0.2, 0.25) is 0 Å². The van der Waals surface area contributed by atoms with Gasteiger partial charge in [-0.1, -0.05) is 37.0 Å². The molecule has 0 heterocycles. The van der Waals surface area contributed by atoms with E-state index < -0.39 is 0 Å². The van der Waals surface area contributed by atoms with Crippen LogP contribution in [0.5, 0.6) is 5.75 Å². The molecule has 78 valence electrons. The number of benzene rings is 1. The topological polar surface area (TPSA) is 9.23 Å². The number of ether oxygens (including phenoxy) is 1. The van der Waals surface area contributed by atoms with Gasteiger partial charge in [0.1, 0.15) is 5.75 Å². The third kappa shape index (κ3) is 3.77. The number of rotatable bonds is 4. The molecule has 14 heavy (non-hydrogen) atoms. The molecule has 0 N–H and O–H groups in total. The molecule has 1 aromatic rings. The van der Waals surface area contributed by atoms with Crippen LogP contribution in [0.1, 0.15) is 20.3 Å². The first kappa shape index (κ1) is 11.7. The van der Waals surface area contributed by atoms with Gasteiger partial charge in [0.05, 0.1) is 11.6 Å². The molecule has 3 heteroatoms. The Morgan fingerprint density at radius 3 is 2.64 bits per heavy atom. The Hall–Kier alpha value is -0.400. The van der Waals surface area contributed by atoms with E-state index in [9.17, 15) is 0 Å². The predicted octanol–water partition coefficient (Wildman–Crippen LogP) is 4.42. The van der Waals surface area contributed by atoms with Gasteiger partial charge in [0.25, 0.3) is 0 Å². The van der Waals surface area contributed by atoms with Crippen LogP contribution in [0.2, 0.25) is 10.0 Å². The fourth-order valence-corrected chi connectivity index (χ4v) is 1.33. The molecule has 0 aliphatic carbocycles. The van der Waals surface area contributed by atoms with Crippen molar-refractivity contribution in [1.29, 1.82) is 0 Å². The first-order valence-electron chi connectivity index (χ1n) is 4.67. The molecular formula is C11H14Cl2O. The fraction of sp³-hybridized carbons (Fsp3) is 0.455. The van der Waals surface area contributed by atoms with E-state index in [-0.39, 0.29) is 0 Å². The highest BCUT2D eigenvalue weighted by Crippen LogP contribution is 2.27. The van der Waals surface area contributed by atoms with Crippen molar-refractivity contribution in [2.45, 2.75) is 20.3 Å². The lowest BCUT2D eigenvalue weighted by molar-refractivity contribution is 0.289. The Labute approximate surface area is 95.0 Å². The summed E-state index contributed by atoms with van der Waals surface area (Å²) in [6.45, 7) is 4.99. The molecule has 0 bridgehead atoms. The summed E-state index contributed by atoms with van der Waals surface area (Å²) in [5.41, 5.74) is 0. The number of hydrogen-bond acceptors (Lipinski definition) is 1. The molecule has 1 nitrogen and oxygen atoms in total. The van der Waals surface area contributed by atoms with Gasteiger partial charge in [0, 0.05) is 11.1 Å². The minimum absolute atomic E-state index is 0.609. The largest absolute Gasteiger partial charge is 0.492 e. The maximum Gasteiger partial charge on any atom is 0.139 e. The Kier molecular flexibility index (Phi) is 4.56. The Balaban J connectivity index is 2.53. The van der Waals surface area contributed by atoms with Crippen LogP contribution in [-0.4, -0.2) is 6.61 Å². The van der Waals surface area contributed by atoms with Crippen molar-refractivity contribution in [3.63, 3.8) is 0 Å². The van der Waals surface area contributed by atoms with Gasteiger partial charge in [0.15, 0.2) is 0 Å². The second kappa shape index (κ2) is 5.47.